The van der Waals surface area contributed by atoms with E-state index in [9.17, 15) is 4.79 Å². The first kappa shape index (κ1) is 21.0. The summed E-state index contributed by atoms with van der Waals surface area (Å²) < 4.78 is 5.95. The number of nitrogens with one attached hydrogen (secondary N) is 2. The number of anilines is 1. The van der Waals surface area contributed by atoms with Crippen LogP contribution in [0.4, 0.5) is 5.69 Å². The first-order valence-corrected chi connectivity index (χ1v) is 11.0. The van der Waals surface area contributed by atoms with Gasteiger partial charge in [-0.05, 0) is 23.8 Å². The number of ether oxygens (including phenoxy) is 1. The Hall–Kier alpha value is -3.22. The fraction of sp³-hybridized carbons (Fsp3) is 0.417. The van der Waals surface area contributed by atoms with Gasteiger partial charge in [-0.1, -0.05) is 36.4 Å². The summed E-state index contributed by atoms with van der Waals surface area (Å²) >= 11 is 0. The Balaban J connectivity index is 1.14. The molecule has 0 aromatic heterocycles. The van der Waals surface area contributed by atoms with Gasteiger partial charge in [-0.15, -0.1) is 0 Å². The van der Waals surface area contributed by atoms with Gasteiger partial charge in [0.1, 0.15) is 11.9 Å². The molecule has 2 aliphatic rings. The number of hydrogen-bond donors (Lipinski definition) is 2. The largest absolute Gasteiger partial charge is 0.488 e. The highest BCUT2D eigenvalue weighted by atomic mass is 16.5. The molecule has 0 bridgehead atoms. The van der Waals surface area contributed by atoms with Crippen molar-refractivity contribution >= 4 is 17.6 Å². The van der Waals surface area contributed by atoms with Gasteiger partial charge in [0, 0.05) is 58.3 Å². The van der Waals surface area contributed by atoms with E-state index in [-0.39, 0.29) is 12.0 Å². The van der Waals surface area contributed by atoms with E-state index in [0.29, 0.717) is 25.5 Å². The lowest BCUT2D eigenvalue weighted by atomic mass is 10.1. The molecule has 0 spiro atoms. The van der Waals surface area contributed by atoms with Gasteiger partial charge >= 0.3 is 0 Å². The van der Waals surface area contributed by atoms with E-state index in [2.05, 4.69) is 50.9 Å². The summed E-state index contributed by atoms with van der Waals surface area (Å²) in [6, 6.07) is 18.5. The number of piperazine rings is 1. The molecule has 0 saturated carbocycles. The van der Waals surface area contributed by atoms with Gasteiger partial charge in [-0.3, -0.25) is 9.79 Å². The van der Waals surface area contributed by atoms with Gasteiger partial charge in [0.15, 0.2) is 5.96 Å². The van der Waals surface area contributed by atoms with E-state index in [1.165, 1.54) is 11.3 Å². The number of nitrogens with zero attached hydrogens (tertiary/aromatic N) is 3. The second-order valence-electron chi connectivity index (χ2n) is 7.88. The summed E-state index contributed by atoms with van der Waals surface area (Å²) in [5, 5.41) is 6.55. The van der Waals surface area contributed by atoms with Crippen LogP contribution in [-0.4, -0.2) is 69.2 Å². The molecule has 2 N–H and O–H groups in total. The van der Waals surface area contributed by atoms with Crippen LogP contribution in [0, 0.1) is 0 Å². The number of fused-ring (bicyclic) bond motifs is 1. The van der Waals surface area contributed by atoms with Gasteiger partial charge in [0.25, 0.3) is 0 Å². The number of benzene rings is 2. The molecule has 1 fully saturated rings. The Kier molecular flexibility index (Phi) is 6.92. The molecule has 2 aromatic carbocycles. The summed E-state index contributed by atoms with van der Waals surface area (Å²) in [4.78, 5) is 21.1. The summed E-state index contributed by atoms with van der Waals surface area (Å²) in [7, 11) is 1.74. The van der Waals surface area contributed by atoms with Crippen molar-refractivity contribution in [1.82, 2.24) is 15.5 Å². The van der Waals surface area contributed by atoms with Crippen LogP contribution < -0.4 is 20.3 Å². The normalized spacial score (nSPS) is 18.4. The number of rotatable bonds is 6. The fourth-order valence-corrected chi connectivity index (χ4v) is 4.10. The van der Waals surface area contributed by atoms with Gasteiger partial charge in [-0.2, -0.15) is 0 Å². The highest BCUT2D eigenvalue weighted by Gasteiger charge is 2.23. The fourth-order valence-electron chi connectivity index (χ4n) is 4.10. The molecule has 2 heterocycles. The molecule has 31 heavy (non-hydrogen) atoms. The average Bonchev–Trinajstić information content (AvgIpc) is 3.25. The smallest absolute Gasteiger partial charge is 0.224 e. The van der Waals surface area contributed by atoms with Crippen LogP contribution in [0.2, 0.25) is 0 Å². The van der Waals surface area contributed by atoms with Gasteiger partial charge in [-0.25, -0.2) is 0 Å². The van der Waals surface area contributed by atoms with Crippen molar-refractivity contribution in [3.8, 4) is 5.75 Å². The Morgan fingerprint density at radius 1 is 1.03 bits per heavy atom. The molecule has 1 atom stereocenters. The molecule has 2 aliphatic heterocycles. The van der Waals surface area contributed by atoms with Crippen molar-refractivity contribution < 1.29 is 9.53 Å². The Bertz CT molecular complexity index is 869. The summed E-state index contributed by atoms with van der Waals surface area (Å²) in [6.07, 6.45) is 1.45. The number of carbonyl (C=O) groups is 1. The Labute approximate surface area is 184 Å². The number of hydrogen-bond acceptors (Lipinski definition) is 4. The predicted molar refractivity (Wildman–Crippen MR) is 124 cm³/mol. The second kappa shape index (κ2) is 10.2. The number of aliphatic imine (C=N–C) groups is 1. The van der Waals surface area contributed by atoms with Crippen LogP contribution in [0.1, 0.15) is 12.0 Å². The highest BCUT2D eigenvalue weighted by molar-refractivity contribution is 5.81. The minimum Gasteiger partial charge on any atom is -0.488 e. The van der Waals surface area contributed by atoms with Crippen molar-refractivity contribution in [2.45, 2.75) is 18.9 Å². The number of guanidine groups is 1. The highest BCUT2D eigenvalue weighted by Crippen LogP contribution is 2.27. The SMILES string of the molecule is CN=C(NCCC(=O)N1CCN(c2ccccc2)CC1)NCC1Cc2ccccc2O1. The third-order valence-electron chi connectivity index (χ3n) is 5.82. The molecule has 7 heteroatoms. The summed E-state index contributed by atoms with van der Waals surface area (Å²) in [6.45, 7) is 4.50. The van der Waals surface area contributed by atoms with Crippen molar-refractivity contribution in [2.75, 3.05) is 51.2 Å². The quantitative estimate of drug-likeness (QED) is 0.551. The maximum atomic E-state index is 12.6. The third-order valence-corrected chi connectivity index (χ3v) is 5.82. The lowest BCUT2D eigenvalue weighted by molar-refractivity contribution is -0.131. The summed E-state index contributed by atoms with van der Waals surface area (Å²) in [5.41, 5.74) is 2.47. The molecule has 2 aromatic rings. The topological polar surface area (TPSA) is 69.2 Å². The molecule has 1 unspecified atom stereocenters. The van der Waals surface area contributed by atoms with E-state index in [0.717, 1.165) is 38.3 Å². The summed E-state index contributed by atoms with van der Waals surface area (Å²) in [5.74, 6) is 1.85. The molecule has 7 nitrogen and oxygen atoms in total. The van der Waals surface area contributed by atoms with Crippen LogP contribution >= 0.6 is 0 Å². The van der Waals surface area contributed by atoms with E-state index in [1.807, 2.05) is 29.2 Å². The van der Waals surface area contributed by atoms with Gasteiger partial charge < -0.3 is 25.2 Å². The maximum absolute atomic E-state index is 12.6. The average molecular weight is 422 g/mol. The molecular weight excluding hydrogens is 390 g/mol. The molecule has 0 radical (unpaired) electrons. The molecule has 1 saturated heterocycles. The van der Waals surface area contributed by atoms with Crippen molar-refractivity contribution in [2.24, 2.45) is 4.99 Å². The molecule has 164 valence electrons. The molecule has 0 aliphatic carbocycles. The number of para-hydroxylation sites is 2. The zero-order chi connectivity index (χ0) is 21.5. The zero-order valence-corrected chi connectivity index (χ0v) is 18.1. The van der Waals surface area contributed by atoms with Crippen molar-refractivity contribution in [3.05, 3.63) is 60.2 Å². The Morgan fingerprint density at radius 2 is 1.77 bits per heavy atom. The minimum atomic E-state index is 0.0958. The zero-order valence-electron chi connectivity index (χ0n) is 18.1. The monoisotopic (exact) mass is 421 g/mol. The second-order valence-corrected chi connectivity index (χ2v) is 7.88. The Morgan fingerprint density at radius 3 is 2.52 bits per heavy atom. The first-order chi connectivity index (χ1) is 15.2. The van der Waals surface area contributed by atoms with Gasteiger partial charge in [0.05, 0.1) is 6.54 Å². The van der Waals surface area contributed by atoms with Crippen LogP contribution in [0.3, 0.4) is 0 Å². The lowest BCUT2D eigenvalue weighted by Crippen LogP contribution is -2.49. The molecule has 1 amide bonds. The molecule has 4 rings (SSSR count). The minimum absolute atomic E-state index is 0.0958. The van der Waals surface area contributed by atoms with Crippen LogP contribution in [0.15, 0.2) is 59.6 Å². The van der Waals surface area contributed by atoms with Crippen LogP contribution in [0.25, 0.3) is 0 Å². The number of amides is 1. The van der Waals surface area contributed by atoms with Crippen molar-refractivity contribution in [3.63, 3.8) is 0 Å². The predicted octanol–water partition coefficient (Wildman–Crippen LogP) is 1.89. The first-order valence-electron chi connectivity index (χ1n) is 11.0. The van der Waals surface area contributed by atoms with E-state index in [1.54, 1.807) is 7.05 Å². The number of carbonyl (C=O) groups excluding carboxylic acids is 1. The van der Waals surface area contributed by atoms with E-state index < -0.39 is 0 Å². The van der Waals surface area contributed by atoms with E-state index >= 15 is 0 Å². The van der Waals surface area contributed by atoms with Gasteiger partial charge in [0.2, 0.25) is 5.91 Å². The standard InChI is InChI=1S/C24H31N5O2/c1-25-24(27-18-21-17-19-7-5-6-10-22(19)31-21)26-12-11-23(30)29-15-13-28(14-16-29)20-8-3-2-4-9-20/h2-10,21H,11-18H2,1H3,(H2,25,26,27). The van der Waals surface area contributed by atoms with Crippen LogP contribution in [-0.2, 0) is 11.2 Å². The van der Waals surface area contributed by atoms with E-state index in [4.69, 9.17) is 4.74 Å². The lowest BCUT2D eigenvalue weighted by Gasteiger charge is -2.36. The van der Waals surface area contributed by atoms with Crippen molar-refractivity contribution in [1.29, 1.82) is 0 Å². The van der Waals surface area contributed by atoms with Crippen LogP contribution in [0.5, 0.6) is 5.75 Å². The third kappa shape index (κ3) is 5.48. The maximum Gasteiger partial charge on any atom is 0.224 e. The molecular formula is C24H31N5O2.